The van der Waals surface area contributed by atoms with Gasteiger partial charge in [0.2, 0.25) is 0 Å². The largest absolute Gasteiger partial charge is 0.507 e. The van der Waals surface area contributed by atoms with Gasteiger partial charge < -0.3 is 15.3 Å². The van der Waals surface area contributed by atoms with E-state index in [9.17, 15) is 15.3 Å². The minimum atomic E-state index is -0.252. The van der Waals surface area contributed by atoms with E-state index in [0.29, 0.717) is 28.7 Å². The van der Waals surface area contributed by atoms with Gasteiger partial charge in [0.25, 0.3) is 0 Å². The van der Waals surface area contributed by atoms with Crippen LogP contribution in [0.2, 0.25) is 5.02 Å². The summed E-state index contributed by atoms with van der Waals surface area (Å²) in [6, 6.07) is 14.9. The highest BCUT2D eigenvalue weighted by Crippen LogP contribution is 2.49. The normalized spacial score (nSPS) is 17.3. The van der Waals surface area contributed by atoms with E-state index in [1.165, 1.54) is 5.56 Å². The van der Waals surface area contributed by atoms with E-state index >= 15 is 0 Å². The highest BCUT2D eigenvalue weighted by molar-refractivity contribution is 6.30. The summed E-state index contributed by atoms with van der Waals surface area (Å²) >= 11 is 5.96. The van der Waals surface area contributed by atoms with Crippen molar-refractivity contribution in [3.63, 3.8) is 0 Å². The predicted octanol–water partition coefficient (Wildman–Crippen LogP) is 5.96. The van der Waals surface area contributed by atoms with Gasteiger partial charge in [-0.3, -0.25) is 0 Å². The second-order valence-electron chi connectivity index (χ2n) is 6.72. The molecule has 0 spiro atoms. The van der Waals surface area contributed by atoms with Crippen LogP contribution in [-0.4, -0.2) is 15.3 Å². The molecule has 0 saturated carbocycles. The quantitative estimate of drug-likeness (QED) is 0.387. The molecule has 26 heavy (non-hydrogen) atoms. The molecule has 0 saturated heterocycles. The summed E-state index contributed by atoms with van der Waals surface area (Å²) in [6.45, 7) is 0. The molecule has 3 aromatic rings. The van der Waals surface area contributed by atoms with Gasteiger partial charge in [0.15, 0.2) is 11.5 Å². The molecular weight excluding hydrogens is 348 g/mol. The van der Waals surface area contributed by atoms with Crippen molar-refractivity contribution in [2.75, 3.05) is 0 Å². The maximum absolute atomic E-state index is 10.7. The number of rotatable bonds is 2. The molecule has 1 aliphatic rings. The average Bonchev–Trinajstić information content (AvgIpc) is 2.68. The summed E-state index contributed by atoms with van der Waals surface area (Å²) in [5, 5.41) is 33.2. The minimum absolute atomic E-state index is 0.0205. The first-order valence-corrected chi connectivity index (χ1v) is 9.04. The fourth-order valence-corrected chi connectivity index (χ4v) is 3.92. The van der Waals surface area contributed by atoms with E-state index in [2.05, 4.69) is 0 Å². The Hall–Kier alpha value is -2.65. The van der Waals surface area contributed by atoms with Gasteiger partial charge in [-0.25, -0.2) is 0 Å². The topological polar surface area (TPSA) is 60.7 Å². The third kappa shape index (κ3) is 2.78. The summed E-state index contributed by atoms with van der Waals surface area (Å²) in [4.78, 5) is 0. The van der Waals surface area contributed by atoms with Gasteiger partial charge >= 0.3 is 0 Å². The highest BCUT2D eigenvalue weighted by atomic mass is 35.5. The molecule has 4 heteroatoms. The maximum atomic E-state index is 10.7. The lowest BCUT2D eigenvalue weighted by molar-refractivity contribution is 0.400. The van der Waals surface area contributed by atoms with Crippen molar-refractivity contribution in [2.24, 2.45) is 0 Å². The lowest BCUT2D eigenvalue weighted by Gasteiger charge is -2.24. The van der Waals surface area contributed by atoms with Crippen LogP contribution in [0.25, 0.3) is 16.3 Å². The van der Waals surface area contributed by atoms with E-state index in [0.717, 1.165) is 23.4 Å². The molecule has 0 bridgehead atoms. The van der Waals surface area contributed by atoms with Crippen molar-refractivity contribution in [1.29, 1.82) is 0 Å². The number of halogens is 1. The predicted molar refractivity (Wildman–Crippen MR) is 105 cm³/mol. The van der Waals surface area contributed by atoms with Crippen molar-refractivity contribution in [2.45, 2.75) is 25.2 Å². The lowest BCUT2D eigenvalue weighted by atomic mass is 9.82. The van der Waals surface area contributed by atoms with Crippen LogP contribution in [-0.2, 0) is 0 Å². The molecule has 3 nitrogen and oxygen atoms in total. The third-order valence-corrected chi connectivity index (χ3v) is 5.46. The molecule has 3 N–H and O–H groups in total. The monoisotopic (exact) mass is 366 g/mol. The molecule has 0 fully saturated rings. The second kappa shape index (κ2) is 6.58. The molecule has 1 aliphatic carbocycles. The lowest BCUT2D eigenvalue weighted by Crippen LogP contribution is -2.04. The van der Waals surface area contributed by atoms with Gasteiger partial charge in [0, 0.05) is 15.8 Å². The van der Waals surface area contributed by atoms with Crippen molar-refractivity contribution in [1.82, 2.24) is 0 Å². The Morgan fingerprint density at radius 2 is 1.46 bits per heavy atom. The van der Waals surface area contributed by atoms with Crippen LogP contribution in [0.4, 0.5) is 0 Å². The van der Waals surface area contributed by atoms with E-state index in [-0.39, 0.29) is 17.2 Å². The van der Waals surface area contributed by atoms with Crippen molar-refractivity contribution in [3.8, 4) is 17.2 Å². The van der Waals surface area contributed by atoms with Crippen molar-refractivity contribution < 1.29 is 15.3 Å². The molecule has 0 heterocycles. The molecule has 132 valence electrons. The second-order valence-corrected chi connectivity index (χ2v) is 7.16. The van der Waals surface area contributed by atoms with E-state index < -0.39 is 0 Å². The molecule has 0 amide bonds. The first-order chi connectivity index (χ1) is 12.6. The summed E-state index contributed by atoms with van der Waals surface area (Å²) in [6.07, 6.45) is 4.47. The van der Waals surface area contributed by atoms with Crippen LogP contribution in [0.5, 0.6) is 17.2 Å². The van der Waals surface area contributed by atoms with Crippen LogP contribution in [0.1, 0.15) is 36.3 Å². The van der Waals surface area contributed by atoms with Gasteiger partial charge in [-0.05, 0) is 48.4 Å². The van der Waals surface area contributed by atoms with Crippen molar-refractivity contribution >= 4 is 27.9 Å². The molecule has 0 unspecified atom stereocenters. The number of phenols is 3. The number of hydrogen-bond acceptors (Lipinski definition) is 3. The van der Waals surface area contributed by atoms with Gasteiger partial charge in [-0.2, -0.15) is 0 Å². The minimum Gasteiger partial charge on any atom is -0.507 e. The zero-order valence-corrected chi connectivity index (χ0v) is 14.9. The Labute approximate surface area is 156 Å². The maximum Gasteiger partial charge on any atom is 0.169 e. The summed E-state index contributed by atoms with van der Waals surface area (Å²) in [7, 11) is 0. The Kier molecular flexibility index (Phi) is 4.25. The molecular formula is C22H19ClO3. The van der Waals surface area contributed by atoms with Gasteiger partial charge in [0.1, 0.15) is 5.75 Å². The SMILES string of the molecule is Oc1c(C2=CC[C@@H](c3ccc(Cl)cc3)CC2)c(O)c2ccccc2c1O. The number of hydrogen-bond donors (Lipinski definition) is 3. The summed E-state index contributed by atoms with van der Waals surface area (Å²) < 4.78 is 0. The van der Waals surface area contributed by atoms with Gasteiger partial charge in [-0.15, -0.1) is 0 Å². The molecule has 4 rings (SSSR count). The van der Waals surface area contributed by atoms with E-state index in [4.69, 9.17) is 11.6 Å². The number of aromatic hydroxyl groups is 3. The first kappa shape index (κ1) is 16.8. The zero-order valence-electron chi connectivity index (χ0n) is 14.1. The smallest absolute Gasteiger partial charge is 0.169 e. The van der Waals surface area contributed by atoms with Crippen LogP contribution >= 0.6 is 11.6 Å². The van der Waals surface area contributed by atoms with Crippen LogP contribution in [0.15, 0.2) is 54.6 Å². The molecule has 0 aromatic heterocycles. The first-order valence-electron chi connectivity index (χ1n) is 8.66. The molecule has 3 aromatic carbocycles. The summed E-state index contributed by atoms with van der Waals surface area (Å²) in [5.74, 6) is -0.0343. The Morgan fingerprint density at radius 1 is 0.808 bits per heavy atom. The van der Waals surface area contributed by atoms with Crippen LogP contribution in [0, 0.1) is 0 Å². The Bertz CT molecular complexity index is 1010. The number of allylic oxidation sites excluding steroid dienone is 2. The van der Waals surface area contributed by atoms with Gasteiger partial charge in [0.05, 0.1) is 5.56 Å². The molecule has 1 atom stereocenters. The molecule has 0 radical (unpaired) electrons. The fourth-order valence-electron chi connectivity index (χ4n) is 3.79. The van der Waals surface area contributed by atoms with Crippen LogP contribution in [0.3, 0.4) is 0 Å². The standard InChI is InChI=1S/C22H19ClO3/c23-16-11-9-14(10-12-16)13-5-7-15(8-6-13)19-20(24)17-3-1-2-4-18(17)21(25)22(19)26/h1-4,7,9-13,24-26H,5-6,8H2/t13-/m1/s1. The number of phenolic OH excluding ortho intramolecular Hbond substituents is 3. The highest BCUT2D eigenvalue weighted by Gasteiger charge is 2.24. The van der Waals surface area contributed by atoms with Crippen molar-refractivity contribution in [3.05, 3.63) is 70.8 Å². The van der Waals surface area contributed by atoms with Gasteiger partial charge in [-0.1, -0.05) is 54.1 Å². The Morgan fingerprint density at radius 3 is 2.08 bits per heavy atom. The van der Waals surface area contributed by atoms with Crippen LogP contribution < -0.4 is 0 Å². The number of benzene rings is 3. The third-order valence-electron chi connectivity index (χ3n) is 5.21. The molecule has 0 aliphatic heterocycles. The zero-order chi connectivity index (χ0) is 18.3. The summed E-state index contributed by atoms with van der Waals surface area (Å²) in [5.41, 5.74) is 2.45. The van der Waals surface area contributed by atoms with E-state index in [1.54, 1.807) is 24.3 Å². The average molecular weight is 367 g/mol. The number of fused-ring (bicyclic) bond motifs is 1. The Balaban J connectivity index is 1.72. The van der Waals surface area contributed by atoms with E-state index in [1.807, 2.05) is 30.3 Å². The fraction of sp³-hybridized carbons (Fsp3) is 0.182.